The zero-order valence-electron chi connectivity index (χ0n) is 17.3. The Morgan fingerprint density at radius 3 is 2.40 bits per heavy atom. The molecule has 6 nitrogen and oxygen atoms in total. The Morgan fingerprint density at radius 1 is 0.967 bits per heavy atom. The highest BCUT2D eigenvalue weighted by Gasteiger charge is 2.39. The van der Waals surface area contributed by atoms with Crippen molar-refractivity contribution in [1.29, 1.82) is 0 Å². The molecule has 1 aromatic heterocycles. The molecule has 1 aliphatic carbocycles. The lowest BCUT2D eigenvalue weighted by molar-refractivity contribution is -0.141. The van der Waals surface area contributed by atoms with E-state index in [0.29, 0.717) is 12.2 Å². The maximum absolute atomic E-state index is 13.1. The van der Waals surface area contributed by atoms with Crippen LogP contribution in [0.5, 0.6) is 0 Å². The van der Waals surface area contributed by atoms with Crippen molar-refractivity contribution in [3.8, 4) is 0 Å². The van der Waals surface area contributed by atoms with Crippen LogP contribution in [0.1, 0.15) is 57.1 Å². The van der Waals surface area contributed by atoms with E-state index in [1.165, 1.54) is 0 Å². The number of halogens is 3. The van der Waals surface area contributed by atoms with Gasteiger partial charge in [0.25, 0.3) is 0 Å². The van der Waals surface area contributed by atoms with Crippen LogP contribution >= 0.6 is 0 Å². The van der Waals surface area contributed by atoms with Crippen molar-refractivity contribution in [2.45, 2.75) is 69.6 Å². The maximum Gasteiger partial charge on any atom is 0.433 e. The molecule has 3 heterocycles. The zero-order chi connectivity index (χ0) is 21.1. The van der Waals surface area contributed by atoms with Gasteiger partial charge < -0.3 is 14.7 Å². The van der Waals surface area contributed by atoms with Gasteiger partial charge in [-0.15, -0.1) is 0 Å². The Hall–Kier alpha value is -1.90. The van der Waals surface area contributed by atoms with Crippen LogP contribution < -0.4 is 4.90 Å². The highest BCUT2D eigenvalue weighted by Crippen LogP contribution is 2.37. The first-order valence-electron chi connectivity index (χ1n) is 11.1. The summed E-state index contributed by atoms with van der Waals surface area (Å²) in [4.78, 5) is 26.2. The van der Waals surface area contributed by atoms with E-state index < -0.39 is 11.9 Å². The lowest BCUT2D eigenvalue weighted by Gasteiger charge is -2.40. The topological polar surface area (TPSA) is 52.6 Å². The number of amides is 1. The number of rotatable bonds is 6. The van der Waals surface area contributed by atoms with Crippen molar-refractivity contribution < 1.29 is 18.0 Å². The number of likely N-dealkylation sites (tertiary alicyclic amines) is 2. The van der Waals surface area contributed by atoms with Gasteiger partial charge >= 0.3 is 6.18 Å². The lowest BCUT2D eigenvalue weighted by atomic mass is 10.0. The second-order valence-electron chi connectivity index (χ2n) is 8.66. The third-order valence-electron chi connectivity index (χ3n) is 6.46. The van der Waals surface area contributed by atoms with E-state index in [1.807, 2.05) is 4.90 Å². The minimum atomic E-state index is -4.46. The van der Waals surface area contributed by atoms with Crippen LogP contribution in [0, 0.1) is 0 Å². The Balaban J connectivity index is 1.33. The molecular formula is C21H30F3N5O. The highest BCUT2D eigenvalue weighted by atomic mass is 19.4. The Kier molecular flexibility index (Phi) is 6.46. The molecule has 1 amide bonds. The van der Waals surface area contributed by atoms with Gasteiger partial charge in [0.15, 0.2) is 0 Å². The number of carbonyl (C=O) groups is 1. The van der Waals surface area contributed by atoms with E-state index in [-0.39, 0.29) is 18.0 Å². The second kappa shape index (κ2) is 9.08. The Morgan fingerprint density at radius 2 is 1.70 bits per heavy atom. The summed E-state index contributed by atoms with van der Waals surface area (Å²) in [5.74, 6) is 0.667. The van der Waals surface area contributed by atoms with Gasteiger partial charge in [-0.25, -0.2) is 9.97 Å². The third kappa shape index (κ3) is 5.22. The summed E-state index contributed by atoms with van der Waals surface area (Å²) in [5.41, 5.74) is -0.877. The Bertz CT molecular complexity index is 732. The van der Waals surface area contributed by atoms with Crippen LogP contribution in [0.3, 0.4) is 0 Å². The number of anilines is 1. The van der Waals surface area contributed by atoms with Crippen LogP contribution in [0.25, 0.3) is 0 Å². The molecule has 0 aromatic carbocycles. The van der Waals surface area contributed by atoms with E-state index in [1.54, 1.807) is 0 Å². The first kappa shape index (κ1) is 21.3. The van der Waals surface area contributed by atoms with Gasteiger partial charge in [-0.3, -0.25) is 4.79 Å². The normalized spacial score (nSPS) is 22.2. The van der Waals surface area contributed by atoms with E-state index in [2.05, 4.69) is 19.8 Å². The van der Waals surface area contributed by atoms with Gasteiger partial charge in [0.2, 0.25) is 5.91 Å². The van der Waals surface area contributed by atoms with E-state index in [0.717, 1.165) is 90.1 Å². The van der Waals surface area contributed by atoms with Crippen LogP contribution in [0.4, 0.5) is 19.0 Å². The van der Waals surface area contributed by atoms with Crippen molar-refractivity contribution in [3.05, 3.63) is 18.1 Å². The van der Waals surface area contributed by atoms with E-state index >= 15 is 0 Å². The van der Waals surface area contributed by atoms with Crippen LogP contribution in [-0.4, -0.2) is 70.5 Å². The molecule has 3 fully saturated rings. The van der Waals surface area contributed by atoms with E-state index in [4.69, 9.17) is 0 Å². The molecule has 4 rings (SSSR count). The van der Waals surface area contributed by atoms with Crippen molar-refractivity contribution in [3.63, 3.8) is 0 Å². The van der Waals surface area contributed by atoms with Crippen LogP contribution in [0.2, 0.25) is 0 Å². The molecule has 1 saturated carbocycles. The number of hydrogen-bond donors (Lipinski definition) is 0. The molecule has 166 valence electrons. The predicted molar refractivity (Wildman–Crippen MR) is 107 cm³/mol. The first-order chi connectivity index (χ1) is 14.4. The minimum absolute atomic E-state index is 0.199. The van der Waals surface area contributed by atoms with Crippen LogP contribution in [0.15, 0.2) is 12.4 Å². The molecule has 0 bridgehead atoms. The quantitative estimate of drug-likeness (QED) is 0.700. The molecule has 0 radical (unpaired) electrons. The average Bonchev–Trinajstić information content (AvgIpc) is 3.57. The van der Waals surface area contributed by atoms with Crippen molar-refractivity contribution in [2.24, 2.45) is 0 Å². The van der Waals surface area contributed by atoms with Gasteiger partial charge in [0.05, 0.1) is 0 Å². The fraction of sp³-hybridized carbons (Fsp3) is 0.762. The summed E-state index contributed by atoms with van der Waals surface area (Å²) >= 11 is 0. The number of alkyl halides is 3. The molecule has 1 aromatic rings. The molecular weight excluding hydrogens is 395 g/mol. The smallest absolute Gasteiger partial charge is 0.350 e. The van der Waals surface area contributed by atoms with Crippen LogP contribution in [-0.2, 0) is 11.0 Å². The summed E-state index contributed by atoms with van der Waals surface area (Å²) < 4.78 is 39.3. The maximum atomic E-state index is 13.1. The van der Waals surface area contributed by atoms with Gasteiger partial charge in [0, 0.05) is 57.3 Å². The van der Waals surface area contributed by atoms with E-state index in [9.17, 15) is 18.0 Å². The summed E-state index contributed by atoms with van der Waals surface area (Å²) in [6.07, 6.45) is 4.25. The number of carbonyl (C=O) groups excluding carboxylic acids is 1. The number of hydrogen-bond acceptors (Lipinski definition) is 5. The summed E-state index contributed by atoms with van der Waals surface area (Å²) in [6, 6.07) is 1.58. The Labute approximate surface area is 175 Å². The van der Waals surface area contributed by atoms with Crippen molar-refractivity contribution in [2.75, 3.05) is 37.6 Å². The third-order valence-corrected chi connectivity index (χ3v) is 6.46. The number of aromatic nitrogens is 2. The van der Waals surface area contributed by atoms with Gasteiger partial charge in [-0.05, 0) is 38.5 Å². The summed E-state index contributed by atoms with van der Waals surface area (Å²) in [5, 5.41) is 0. The number of piperidine rings is 1. The zero-order valence-corrected chi connectivity index (χ0v) is 17.3. The molecule has 0 atom stereocenters. The van der Waals surface area contributed by atoms with Crippen molar-refractivity contribution in [1.82, 2.24) is 19.8 Å². The average molecular weight is 425 g/mol. The fourth-order valence-corrected chi connectivity index (χ4v) is 4.63. The fourth-order valence-electron chi connectivity index (χ4n) is 4.63. The molecule has 3 aliphatic rings. The first-order valence-corrected chi connectivity index (χ1v) is 11.1. The van der Waals surface area contributed by atoms with Crippen molar-refractivity contribution >= 4 is 11.7 Å². The standard InChI is InChI=1S/C21H30F3N5O/c22-21(23,24)18-14-19(26-15-25-18)29(16-5-6-16)17-7-10-27(11-8-17)12-13-28-9-3-1-2-4-20(28)30/h14-17H,1-13H2. The highest BCUT2D eigenvalue weighted by molar-refractivity contribution is 5.76. The van der Waals surface area contributed by atoms with Gasteiger partial charge in [0.1, 0.15) is 17.8 Å². The lowest BCUT2D eigenvalue weighted by Crippen LogP contribution is -2.48. The largest absolute Gasteiger partial charge is 0.433 e. The van der Waals surface area contributed by atoms with Gasteiger partial charge in [-0.1, -0.05) is 6.42 Å². The molecule has 2 saturated heterocycles. The molecule has 9 heteroatoms. The second-order valence-corrected chi connectivity index (χ2v) is 8.66. The monoisotopic (exact) mass is 425 g/mol. The molecule has 30 heavy (non-hydrogen) atoms. The molecule has 0 unspecified atom stereocenters. The number of nitrogens with zero attached hydrogens (tertiary/aromatic N) is 5. The minimum Gasteiger partial charge on any atom is -0.350 e. The van der Waals surface area contributed by atoms with Gasteiger partial charge in [-0.2, -0.15) is 13.2 Å². The summed E-state index contributed by atoms with van der Waals surface area (Å²) in [7, 11) is 0. The SMILES string of the molecule is O=C1CCCCCN1CCN1CCC(N(c2cc(C(F)(F)F)ncn2)C2CC2)CC1. The summed E-state index contributed by atoms with van der Waals surface area (Å²) in [6.45, 7) is 4.30. The molecule has 0 N–H and O–H groups in total. The molecule has 0 spiro atoms. The molecule has 2 aliphatic heterocycles. The predicted octanol–water partition coefficient (Wildman–Crippen LogP) is 3.33.